The molecule has 0 fully saturated rings. The van der Waals surface area contributed by atoms with Crippen molar-refractivity contribution in [1.82, 2.24) is 9.97 Å². The van der Waals surface area contributed by atoms with E-state index < -0.39 is 0 Å². The average molecular weight is 373 g/mol. The van der Waals surface area contributed by atoms with Crippen LogP contribution in [0.5, 0.6) is 0 Å². The summed E-state index contributed by atoms with van der Waals surface area (Å²) in [5.74, 6) is 0.574. The number of hydrogen-bond donors (Lipinski definition) is 2. The predicted octanol–water partition coefficient (Wildman–Crippen LogP) is 5.25. The number of nitrogens with two attached hydrogens (primary N) is 1. The van der Waals surface area contributed by atoms with E-state index in [-0.39, 0.29) is 5.82 Å². The number of aromatic nitrogens is 2. The number of fused-ring (bicyclic) bond motifs is 1. The third kappa shape index (κ3) is 3.20. The van der Waals surface area contributed by atoms with Gasteiger partial charge in [0.1, 0.15) is 17.8 Å². The van der Waals surface area contributed by atoms with Gasteiger partial charge in [0.25, 0.3) is 0 Å². The monoisotopic (exact) mass is 373 g/mol. The molecule has 0 atom stereocenters. The fraction of sp³-hybridized carbons (Fsp3) is 0.0909. The summed E-state index contributed by atoms with van der Waals surface area (Å²) in [4.78, 5) is 10.7. The van der Waals surface area contributed by atoms with Crippen LogP contribution in [0.4, 0.5) is 33.1 Å². The number of benzene rings is 3. The minimum absolute atomic E-state index is 0.312. The number of nitrogen functional groups attached to an aromatic ring is 1. The minimum atomic E-state index is -0.372. The van der Waals surface area contributed by atoms with Gasteiger partial charge >= 0.3 is 0 Å². The lowest BCUT2D eigenvalue weighted by atomic mass is 10.1. The maximum Gasteiger partial charge on any atom is 0.161 e. The van der Waals surface area contributed by atoms with E-state index in [4.69, 9.17) is 5.73 Å². The topological polar surface area (TPSA) is 67.1 Å². The highest BCUT2D eigenvalue weighted by atomic mass is 19.1. The van der Waals surface area contributed by atoms with Gasteiger partial charge in [-0.3, -0.25) is 0 Å². The number of halogens is 1. The van der Waals surface area contributed by atoms with Crippen LogP contribution in [-0.4, -0.2) is 16.5 Å². The van der Waals surface area contributed by atoms with E-state index >= 15 is 0 Å². The van der Waals surface area contributed by atoms with Crippen molar-refractivity contribution in [2.75, 3.05) is 22.5 Å². The third-order valence-electron chi connectivity index (χ3n) is 4.62. The van der Waals surface area contributed by atoms with Crippen molar-refractivity contribution >= 4 is 39.5 Å². The number of para-hydroxylation sites is 1. The number of rotatable bonds is 5. The van der Waals surface area contributed by atoms with Gasteiger partial charge in [0.2, 0.25) is 0 Å². The standard InChI is InChI=1S/C22H20FN5/c1-2-28(19-13-7-9-15-8-3-4-10-16(15)19)22-20(24)21(25-14-26-22)27-18-12-6-5-11-17(18)23/h3-14H,2,24H2,1H3,(H,25,26,27). The van der Waals surface area contributed by atoms with E-state index in [1.54, 1.807) is 18.2 Å². The molecule has 4 rings (SSSR count). The van der Waals surface area contributed by atoms with Gasteiger partial charge in [0.15, 0.2) is 11.6 Å². The molecule has 0 aliphatic rings. The van der Waals surface area contributed by atoms with Crippen molar-refractivity contribution in [1.29, 1.82) is 0 Å². The molecular weight excluding hydrogens is 353 g/mol. The van der Waals surface area contributed by atoms with Crippen LogP contribution >= 0.6 is 0 Å². The quantitative estimate of drug-likeness (QED) is 0.500. The normalized spacial score (nSPS) is 10.8. The summed E-state index contributed by atoms with van der Waals surface area (Å²) in [5, 5.41) is 5.21. The highest BCUT2D eigenvalue weighted by molar-refractivity contribution is 5.97. The Hall–Kier alpha value is -3.67. The van der Waals surface area contributed by atoms with E-state index in [0.717, 1.165) is 16.5 Å². The van der Waals surface area contributed by atoms with Crippen molar-refractivity contribution in [3.63, 3.8) is 0 Å². The molecule has 5 nitrogen and oxygen atoms in total. The maximum atomic E-state index is 14.0. The van der Waals surface area contributed by atoms with Gasteiger partial charge in [-0.15, -0.1) is 0 Å². The van der Waals surface area contributed by atoms with Crippen molar-refractivity contribution in [3.05, 3.63) is 78.9 Å². The van der Waals surface area contributed by atoms with Crippen LogP contribution < -0.4 is 16.0 Å². The first kappa shape index (κ1) is 17.7. The summed E-state index contributed by atoms with van der Waals surface area (Å²) >= 11 is 0. The summed E-state index contributed by atoms with van der Waals surface area (Å²) in [5.41, 5.74) is 8.06. The summed E-state index contributed by atoms with van der Waals surface area (Å²) in [6, 6.07) is 20.7. The summed E-state index contributed by atoms with van der Waals surface area (Å²) in [7, 11) is 0. The van der Waals surface area contributed by atoms with E-state index in [2.05, 4.69) is 33.5 Å². The van der Waals surface area contributed by atoms with Gasteiger partial charge in [0.05, 0.1) is 11.4 Å². The lowest BCUT2D eigenvalue weighted by Crippen LogP contribution is -2.20. The molecule has 6 heteroatoms. The Morgan fingerprint density at radius 2 is 1.71 bits per heavy atom. The second-order valence-electron chi connectivity index (χ2n) is 6.31. The summed E-state index contributed by atoms with van der Waals surface area (Å²) in [6.07, 6.45) is 1.43. The second-order valence-corrected chi connectivity index (χ2v) is 6.31. The Balaban J connectivity index is 1.78. The molecule has 1 heterocycles. The number of hydrogen-bond acceptors (Lipinski definition) is 5. The molecule has 3 aromatic carbocycles. The first-order valence-corrected chi connectivity index (χ1v) is 9.06. The van der Waals surface area contributed by atoms with Gasteiger partial charge in [-0.2, -0.15) is 0 Å². The fourth-order valence-corrected chi connectivity index (χ4v) is 3.27. The van der Waals surface area contributed by atoms with Crippen LogP contribution in [0.3, 0.4) is 0 Å². The molecule has 0 amide bonds. The molecule has 0 aliphatic heterocycles. The highest BCUT2D eigenvalue weighted by Crippen LogP contribution is 2.36. The zero-order chi connectivity index (χ0) is 19.5. The molecule has 0 saturated carbocycles. The van der Waals surface area contributed by atoms with Gasteiger partial charge in [-0.05, 0) is 30.5 Å². The minimum Gasteiger partial charge on any atom is -0.393 e. The van der Waals surface area contributed by atoms with E-state index in [1.165, 1.54) is 12.4 Å². The Morgan fingerprint density at radius 1 is 0.964 bits per heavy atom. The Labute approximate surface area is 162 Å². The maximum absolute atomic E-state index is 14.0. The van der Waals surface area contributed by atoms with Gasteiger partial charge in [-0.1, -0.05) is 48.5 Å². The summed E-state index contributed by atoms with van der Waals surface area (Å²) < 4.78 is 14.0. The second kappa shape index (κ2) is 7.52. The van der Waals surface area contributed by atoms with Crippen molar-refractivity contribution in [3.8, 4) is 0 Å². The van der Waals surface area contributed by atoms with Gasteiger partial charge in [0, 0.05) is 11.9 Å². The molecule has 0 saturated heterocycles. The molecule has 0 spiro atoms. The van der Waals surface area contributed by atoms with E-state index in [1.807, 2.05) is 36.1 Å². The lowest BCUT2D eigenvalue weighted by molar-refractivity contribution is 0.632. The van der Waals surface area contributed by atoms with Gasteiger partial charge < -0.3 is 16.0 Å². The van der Waals surface area contributed by atoms with E-state index in [0.29, 0.717) is 29.6 Å². The lowest BCUT2D eigenvalue weighted by Gasteiger charge is -2.25. The number of anilines is 5. The van der Waals surface area contributed by atoms with Crippen molar-refractivity contribution in [2.45, 2.75) is 6.92 Å². The van der Waals surface area contributed by atoms with Crippen LogP contribution in [0.25, 0.3) is 10.8 Å². The molecule has 28 heavy (non-hydrogen) atoms. The molecule has 3 N–H and O–H groups in total. The predicted molar refractivity (Wildman–Crippen MR) is 113 cm³/mol. The van der Waals surface area contributed by atoms with Crippen LogP contribution in [0.2, 0.25) is 0 Å². The molecule has 0 unspecified atom stereocenters. The molecule has 140 valence electrons. The Morgan fingerprint density at radius 3 is 2.54 bits per heavy atom. The number of nitrogens with one attached hydrogen (secondary N) is 1. The Kier molecular flexibility index (Phi) is 4.76. The smallest absolute Gasteiger partial charge is 0.161 e. The SMILES string of the molecule is CCN(c1ncnc(Nc2ccccc2F)c1N)c1cccc2ccccc12. The van der Waals surface area contributed by atoms with Gasteiger partial charge in [-0.25, -0.2) is 14.4 Å². The molecule has 1 aromatic heterocycles. The van der Waals surface area contributed by atoms with Crippen molar-refractivity contribution in [2.24, 2.45) is 0 Å². The van der Waals surface area contributed by atoms with E-state index in [9.17, 15) is 4.39 Å². The molecule has 0 bridgehead atoms. The third-order valence-corrected chi connectivity index (χ3v) is 4.62. The van der Waals surface area contributed by atoms with Crippen LogP contribution in [0.1, 0.15) is 6.92 Å². The average Bonchev–Trinajstić information content (AvgIpc) is 2.73. The van der Waals surface area contributed by atoms with Crippen molar-refractivity contribution < 1.29 is 4.39 Å². The van der Waals surface area contributed by atoms with Crippen LogP contribution in [0.15, 0.2) is 73.1 Å². The first-order valence-electron chi connectivity index (χ1n) is 9.06. The molecule has 0 aliphatic carbocycles. The number of nitrogens with zero attached hydrogens (tertiary/aromatic N) is 3. The summed E-state index contributed by atoms with van der Waals surface area (Å²) in [6.45, 7) is 2.70. The largest absolute Gasteiger partial charge is 0.393 e. The molecule has 0 radical (unpaired) electrons. The highest BCUT2D eigenvalue weighted by Gasteiger charge is 2.18. The molecule has 4 aromatic rings. The Bertz CT molecular complexity index is 1120. The van der Waals surface area contributed by atoms with Crippen LogP contribution in [0, 0.1) is 5.82 Å². The first-order chi connectivity index (χ1) is 13.7. The fourth-order valence-electron chi connectivity index (χ4n) is 3.27. The molecular formula is C22H20FN5. The zero-order valence-electron chi connectivity index (χ0n) is 15.4. The zero-order valence-corrected chi connectivity index (χ0v) is 15.4. The van der Waals surface area contributed by atoms with Crippen LogP contribution in [-0.2, 0) is 0 Å².